The molecule has 0 bridgehead atoms. The highest BCUT2D eigenvalue weighted by molar-refractivity contribution is 7.16. The second-order valence-corrected chi connectivity index (χ2v) is 9.34. The van der Waals surface area contributed by atoms with Crippen molar-refractivity contribution in [2.45, 2.75) is 52.5 Å². The van der Waals surface area contributed by atoms with E-state index in [1.807, 2.05) is 39.0 Å². The van der Waals surface area contributed by atoms with Crippen molar-refractivity contribution < 1.29 is 4.79 Å². The number of hydrogen-bond donors (Lipinski definition) is 2. The van der Waals surface area contributed by atoms with Gasteiger partial charge in [-0.1, -0.05) is 37.3 Å². The average Bonchev–Trinajstić information content (AvgIpc) is 2.96. The van der Waals surface area contributed by atoms with Crippen molar-refractivity contribution in [3.8, 4) is 6.07 Å². The first-order valence-electron chi connectivity index (χ1n) is 9.61. The van der Waals surface area contributed by atoms with Gasteiger partial charge in [0.2, 0.25) is 0 Å². The van der Waals surface area contributed by atoms with Crippen molar-refractivity contribution in [2.75, 3.05) is 5.32 Å². The lowest BCUT2D eigenvalue weighted by atomic mass is 9.88. The van der Waals surface area contributed by atoms with Crippen LogP contribution in [0.2, 0.25) is 0 Å². The zero-order valence-electron chi connectivity index (χ0n) is 17.0. The van der Waals surface area contributed by atoms with Crippen LogP contribution >= 0.6 is 11.3 Å². The van der Waals surface area contributed by atoms with Crippen molar-refractivity contribution in [3.63, 3.8) is 0 Å². The molecular weight excluding hydrogens is 366 g/mol. The molecule has 1 unspecified atom stereocenters. The zero-order chi connectivity index (χ0) is 20.5. The maximum absolute atomic E-state index is 12.7. The Morgan fingerprint density at radius 2 is 2.14 bits per heavy atom. The molecule has 2 N–H and O–H groups in total. The van der Waals surface area contributed by atoms with Crippen LogP contribution in [-0.4, -0.2) is 6.03 Å². The molecule has 146 valence electrons. The summed E-state index contributed by atoms with van der Waals surface area (Å²) in [5, 5.41) is 16.2. The molecular formula is C23H27N3OS. The molecule has 5 heteroatoms. The maximum Gasteiger partial charge on any atom is 0.320 e. The number of anilines is 1. The Kier molecular flexibility index (Phi) is 5.62. The van der Waals surface area contributed by atoms with Crippen molar-refractivity contribution in [3.05, 3.63) is 58.0 Å². The quantitative estimate of drug-likeness (QED) is 0.686. The molecule has 4 nitrogen and oxygen atoms in total. The molecule has 0 aliphatic heterocycles. The number of nitriles is 1. The second kappa shape index (κ2) is 7.81. The molecule has 2 amide bonds. The van der Waals surface area contributed by atoms with Crippen LogP contribution in [0.15, 0.2) is 30.8 Å². The molecule has 1 heterocycles. The van der Waals surface area contributed by atoms with E-state index in [4.69, 9.17) is 0 Å². The van der Waals surface area contributed by atoms with Gasteiger partial charge >= 0.3 is 6.03 Å². The number of rotatable bonds is 4. The largest absolute Gasteiger partial charge is 0.329 e. The minimum absolute atomic E-state index is 0.297. The molecule has 0 spiro atoms. The van der Waals surface area contributed by atoms with Crippen LogP contribution in [0.5, 0.6) is 0 Å². The van der Waals surface area contributed by atoms with Gasteiger partial charge in [0.05, 0.1) is 11.1 Å². The summed E-state index contributed by atoms with van der Waals surface area (Å²) in [5.41, 5.74) is 4.23. The zero-order valence-corrected chi connectivity index (χ0v) is 17.8. The fraction of sp³-hybridized carbons (Fsp3) is 0.391. The number of hydrogen-bond acceptors (Lipinski definition) is 3. The molecule has 3 rings (SSSR count). The van der Waals surface area contributed by atoms with Gasteiger partial charge < -0.3 is 5.32 Å². The summed E-state index contributed by atoms with van der Waals surface area (Å²) in [5.74, 6) is 0.624. The fourth-order valence-corrected chi connectivity index (χ4v) is 4.98. The Labute approximate surface area is 171 Å². The standard InChI is InChI=1S/C23H27N3OS/c1-14(2)16-7-6-8-17(12-16)23(4,5)26-22(27)25-21-19(13-24)18-10-9-15(3)11-20(18)28-21/h6-8,12,15H,1,9-11H2,2-5H3,(H2,25,26,27). The molecule has 2 aromatic rings. The minimum atomic E-state index is -0.562. The molecule has 1 aliphatic carbocycles. The van der Waals surface area contributed by atoms with Crippen molar-refractivity contribution in [1.29, 1.82) is 5.26 Å². The van der Waals surface area contributed by atoms with Crippen LogP contribution in [0.4, 0.5) is 9.80 Å². The first-order chi connectivity index (χ1) is 13.2. The number of allylic oxidation sites excluding steroid dienone is 1. The van der Waals surface area contributed by atoms with E-state index in [-0.39, 0.29) is 6.03 Å². The van der Waals surface area contributed by atoms with Crippen LogP contribution < -0.4 is 10.6 Å². The van der Waals surface area contributed by atoms with Crippen LogP contribution in [0.1, 0.15) is 61.2 Å². The lowest BCUT2D eigenvalue weighted by Crippen LogP contribution is -2.43. The second-order valence-electron chi connectivity index (χ2n) is 8.23. The van der Waals surface area contributed by atoms with Crippen molar-refractivity contribution in [1.82, 2.24) is 5.32 Å². The first-order valence-corrected chi connectivity index (χ1v) is 10.4. The van der Waals surface area contributed by atoms with Gasteiger partial charge in [-0.15, -0.1) is 11.3 Å². The number of benzene rings is 1. The number of urea groups is 1. The van der Waals surface area contributed by atoms with Gasteiger partial charge in [0.15, 0.2) is 0 Å². The molecule has 1 atom stereocenters. The van der Waals surface area contributed by atoms with Gasteiger partial charge in [-0.2, -0.15) is 5.26 Å². The van der Waals surface area contributed by atoms with E-state index in [2.05, 4.69) is 36.3 Å². The highest BCUT2D eigenvalue weighted by Gasteiger charge is 2.27. The third-order valence-corrected chi connectivity index (χ3v) is 6.52. The summed E-state index contributed by atoms with van der Waals surface area (Å²) in [7, 11) is 0. The predicted molar refractivity (Wildman–Crippen MR) is 117 cm³/mol. The Bertz CT molecular complexity index is 965. The third-order valence-electron chi connectivity index (χ3n) is 5.35. The van der Waals surface area contributed by atoms with Crippen LogP contribution in [0, 0.1) is 17.2 Å². The number of carbonyl (C=O) groups excluding carboxylic acids is 1. The molecule has 1 aromatic carbocycles. The van der Waals surface area contributed by atoms with Gasteiger partial charge in [0, 0.05) is 4.88 Å². The van der Waals surface area contributed by atoms with E-state index in [9.17, 15) is 10.1 Å². The molecule has 28 heavy (non-hydrogen) atoms. The normalized spacial score (nSPS) is 16.0. The van der Waals surface area contributed by atoms with E-state index < -0.39 is 5.54 Å². The molecule has 1 aromatic heterocycles. The fourth-order valence-electron chi connectivity index (χ4n) is 3.62. The highest BCUT2D eigenvalue weighted by Crippen LogP contribution is 2.39. The van der Waals surface area contributed by atoms with E-state index in [1.165, 1.54) is 4.88 Å². The topological polar surface area (TPSA) is 64.9 Å². The van der Waals surface area contributed by atoms with Gasteiger partial charge in [-0.05, 0) is 68.7 Å². The van der Waals surface area contributed by atoms with Crippen LogP contribution in [0.25, 0.3) is 5.57 Å². The summed E-state index contributed by atoms with van der Waals surface area (Å²) >= 11 is 1.54. The Balaban J connectivity index is 1.78. The number of carbonyl (C=O) groups is 1. The number of thiophene rings is 1. The highest BCUT2D eigenvalue weighted by atomic mass is 32.1. The van der Waals surface area contributed by atoms with E-state index in [1.54, 1.807) is 11.3 Å². The van der Waals surface area contributed by atoms with Crippen LogP contribution in [0.3, 0.4) is 0 Å². The van der Waals surface area contributed by atoms with Gasteiger partial charge in [-0.3, -0.25) is 5.32 Å². The summed E-state index contributed by atoms with van der Waals surface area (Å²) in [6.45, 7) is 12.1. The molecule has 0 saturated carbocycles. The lowest BCUT2D eigenvalue weighted by molar-refractivity contribution is 0.242. The van der Waals surface area contributed by atoms with E-state index in [0.29, 0.717) is 16.5 Å². The Morgan fingerprint density at radius 3 is 2.82 bits per heavy atom. The van der Waals surface area contributed by atoms with Gasteiger partial charge in [0.1, 0.15) is 11.1 Å². The van der Waals surface area contributed by atoms with Gasteiger partial charge in [0.25, 0.3) is 0 Å². The maximum atomic E-state index is 12.7. The minimum Gasteiger partial charge on any atom is -0.329 e. The number of fused-ring (bicyclic) bond motifs is 1. The Hall–Kier alpha value is -2.58. The number of nitrogens with one attached hydrogen (secondary N) is 2. The van der Waals surface area contributed by atoms with E-state index in [0.717, 1.165) is 41.5 Å². The van der Waals surface area contributed by atoms with Crippen molar-refractivity contribution in [2.24, 2.45) is 5.92 Å². The monoisotopic (exact) mass is 393 g/mol. The number of nitrogens with zero attached hydrogens (tertiary/aromatic N) is 1. The summed E-state index contributed by atoms with van der Waals surface area (Å²) in [4.78, 5) is 14.0. The summed E-state index contributed by atoms with van der Waals surface area (Å²) in [6.07, 6.45) is 2.99. The summed E-state index contributed by atoms with van der Waals surface area (Å²) in [6, 6.07) is 10.0. The average molecular weight is 394 g/mol. The molecule has 1 aliphatic rings. The predicted octanol–water partition coefficient (Wildman–Crippen LogP) is 5.83. The summed E-state index contributed by atoms with van der Waals surface area (Å²) < 4.78 is 0. The van der Waals surface area contributed by atoms with E-state index >= 15 is 0 Å². The molecule has 0 fully saturated rings. The van der Waals surface area contributed by atoms with Gasteiger partial charge in [-0.25, -0.2) is 4.79 Å². The third kappa shape index (κ3) is 4.13. The lowest BCUT2D eigenvalue weighted by Gasteiger charge is -2.27. The molecule has 0 saturated heterocycles. The van der Waals surface area contributed by atoms with Crippen LogP contribution in [-0.2, 0) is 18.4 Å². The smallest absolute Gasteiger partial charge is 0.320 e. The SMILES string of the molecule is C=C(C)c1cccc(C(C)(C)NC(=O)Nc2sc3c(c2C#N)CCC(C)C3)c1. The first kappa shape index (κ1) is 20.2. The molecule has 0 radical (unpaired) electrons. The van der Waals surface area contributed by atoms with Crippen molar-refractivity contribution >= 4 is 27.9 Å². The number of amides is 2. The Morgan fingerprint density at radius 1 is 1.39 bits per heavy atom.